The number of carboxylic acids is 1. The molecule has 0 rings (SSSR count). The molecule has 0 aromatic rings. The molecule has 0 aliphatic heterocycles. The molecule has 8 nitrogen and oxygen atoms in total. The maximum Gasteiger partial charge on any atom is 0.327 e. The molecular formula is C12H22N2O6S. The van der Waals surface area contributed by atoms with Gasteiger partial charge in [0.15, 0.2) is 9.84 Å². The van der Waals surface area contributed by atoms with Gasteiger partial charge in [0.05, 0.1) is 5.75 Å². The fraction of sp³-hybridized carbons (Fsp3) is 0.750. The molecule has 3 N–H and O–H groups in total. The van der Waals surface area contributed by atoms with Crippen LogP contribution in [0.5, 0.6) is 0 Å². The number of nitrogens with one attached hydrogen (secondary N) is 2. The zero-order chi connectivity index (χ0) is 16.6. The van der Waals surface area contributed by atoms with E-state index in [0.29, 0.717) is 6.54 Å². The van der Waals surface area contributed by atoms with Crippen LogP contribution in [0.4, 0.5) is 0 Å². The van der Waals surface area contributed by atoms with E-state index in [4.69, 9.17) is 5.11 Å². The van der Waals surface area contributed by atoms with E-state index in [1.54, 1.807) is 0 Å². The quantitative estimate of drug-likeness (QED) is 0.481. The largest absolute Gasteiger partial charge is 0.480 e. The Hall–Kier alpha value is -1.64. The third-order valence-corrected chi connectivity index (χ3v) is 4.90. The Morgan fingerprint density at radius 3 is 2.24 bits per heavy atom. The highest BCUT2D eigenvalue weighted by Gasteiger charge is 2.33. The molecule has 0 fully saturated rings. The fourth-order valence-corrected chi connectivity index (χ4v) is 2.88. The van der Waals surface area contributed by atoms with Crippen LogP contribution in [0.25, 0.3) is 0 Å². The van der Waals surface area contributed by atoms with E-state index in [0.717, 1.165) is 19.8 Å². The second kappa shape index (κ2) is 8.60. The Kier molecular flexibility index (Phi) is 7.93. The third-order valence-electron chi connectivity index (χ3n) is 2.81. The van der Waals surface area contributed by atoms with Gasteiger partial charge in [0, 0.05) is 13.5 Å². The highest BCUT2D eigenvalue weighted by Crippen LogP contribution is 2.05. The summed E-state index contributed by atoms with van der Waals surface area (Å²) in [5.41, 5.74) is 0. The average Bonchev–Trinajstić information content (AvgIpc) is 2.36. The van der Waals surface area contributed by atoms with E-state index >= 15 is 0 Å². The molecule has 0 spiro atoms. The van der Waals surface area contributed by atoms with Crippen LogP contribution >= 0.6 is 0 Å². The maximum atomic E-state index is 12.0. The molecule has 0 saturated heterocycles. The van der Waals surface area contributed by atoms with Crippen LogP contribution in [0.3, 0.4) is 0 Å². The van der Waals surface area contributed by atoms with Crippen LogP contribution in [0.2, 0.25) is 0 Å². The van der Waals surface area contributed by atoms with Crippen LogP contribution in [0, 0.1) is 0 Å². The molecule has 0 aromatic heterocycles. The lowest BCUT2D eigenvalue weighted by Gasteiger charge is -2.17. The number of carboxylic acid groups (broad SMARTS) is 1. The van der Waals surface area contributed by atoms with Crippen molar-refractivity contribution in [3.05, 3.63) is 0 Å². The Labute approximate surface area is 124 Å². The van der Waals surface area contributed by atoms with E-state index in [1.807, 2.05) is 12.2 Å². The van der Waals surface area contributed by atoms with Gasteiger partial charge in [-0.05, 0) is 13.3 Å². The Morgan fingerprint density at radius 1 is 1.24 bits per heavy atom. The van der Waals surface area contributed by atoms with Crippen molar-refractivity contribution in [3.63, 3.8) is 0 Å². The van der Waals surface area contributed by atoms with Crippen LogP contribution in [-0.4, -0.2) is 54.9 Å². The van der Waals surface area contributed by atoms with Crippen molar-refractivity contribution >= 4 is 27.6 Å². The minimum atomic E-state index is -3.99. The van der Waals surface area contributed by atoms with Crippen molar-refractivity contribution < 1.29 is 27.9 Å². The van der Waals surface area contributed by atoms with E-state index in [1.165, 1.54) is 6.92 Å². The first-order valence-electron chi connectivity index (χ1n) is 6.61. The zero-order valence-electron chi connectivity index (χ0n) is 12.4. The summed E-state index contributed by atoms with van der Waals surface area (Å²) in [4.78, 5) is 33.5. The highest BCUT2D eigenvalue weighted by molar-refractivity contribution is 7.92. The van der Waals surface area contributed by atoms with Crippen LogP contribution in [0.1, 0.15) is 33.6 Å². The van der Waals surface area contributed by atoms with Gasteiger partial charge >= 0.3 is 5.97 Å². The molecule has 1 unspecified atom stereocenters. The molecule has 0 heterocycles. The number of carbonyl (C=O) groups is 3. The van der Waals surface area contributed by atoms with Gasteiger partial charge in [-0.25, -0.2) is 13.2 Å². The number of hydrogen-bond acceptors (Lipinski definition) is 5. The fourth-order valence-electron chi connectivity index (χ4n) is 1.49. The number of unbranched alkanes of at least 4 members (excludes halogenated alkanes) is 1. The molecule has 0 aliphatic rings. The Bertz CT molecular complexity index is 488. The van der Waals surface area contributed by atoms with Crippen molar-refractivity contribution in [2.24, 2.45) is 0 Å². The SMILES string of the molecule is CCCCNC(=O)C(C)S(=O)(=O)C[C@H](NC(C)=O)C(=O)O. The molecule has 0 saturated carbocycles. The number of hydrogen-bond donors (Lipinski definition) is 3. The lowest BCUT2D eigenvalue weighted by molar-refractivity contribution is -0.140. The predicted molar refractivity (Wildman–Crippen MR) is 76.4 cm³/mol. The summed E-state index contributed by atoms with van der Waals surface area (Å²) in [5, 5.41) is 12.0. The molecule has 2 amide bonds. The van der Waals surface area contributed by atoms with Gasteiger partial charge in [-0.2, -0.15) is 0 Å². The molecule has 122 valence electrons. The molecule has 0 aliphatic carbocycles. The summed E-state index contributed by atoms with van der Waals surface area (Å²) in [5.74, 6) is -3.62. The molecule has 0 aromatic carbocycles. The van der Waals surface area contributed by atoms with Crippen LogP contribution in [-0.2, 0) is 24.2 Å². The lowest BCUT2D eigenvalue weighted by atomic mass is 10.3. The molecule has 21 heavy (non-hydrogen) atoms. The van der Waals surface area contributed by atoms with E-state index in [9.17, 15) is 22.8 Å². The zero-order valence-corrected chi connectivity index (χ0v) is 13.2. The standard InChI is InChI=1S/C12H22N2O6S/c1-4-5-6-13-11(16)8(2)21(19,20)7-10(12(17)18)14-9(3)15/h8,10H,4-7H2,1-3H3,(H,13,16)(H,14,15)(H,17,18)/t8?,10-/m0/s1. The number of aliphatic carboxylic acids is 1. The summed E-state index contributed by atoms with van der Waals surface area (Å²) in [6, 6.07) is -1.57. The first-order chi connectivity index (χ1) is 9.61. The molecular weight excluding hydrogens is 300 g/mol. The normalized spacial score (nSPS) is 14.0. The first kappa shape index (κ1) is 19.4. The number of sulfone groups is 1. The van der Waals surface area contributed by atoms with Crippen LogP contribution < -0.4 is 10.6 Å². The van der Waals surface area contributed by atoms with E-state index in [-0.39, 0.29) is 0 Å². The first-order valence-corrected chi connectivity index (χ1v) is 8.32. The summed E-state index contributed by atoms with van der Waals surface area (Å²) >= 11 is 0. The highest BCUT2D eigenvalue weighted by atomic mass is 32.2. The van der Waals surface area contributed by atoms with Gasteiger partial charge in [-0.15, -0.1) is 0 Å². The summed E-state index contributed by atoms with van der Waals surface area (Å²) in [6.07, 6.45) is 1.58. The van der Waals surface area contributed by atoms with Crippen molar-refractivity contribution in [2.75, 3.05) is 12.3 Å². The number of rotatable bonds is 9. The minimum Gasteiger partial charge on any atom is -0.480 e. The summed E-state index contributed by atoms with van der Waals surface area (Å²) in [7, 11) is -3.99. The van der Waals surface area contributed by atoms with Gasteiger partial charge in [0.2, 0.25) is 11.8 Å². The summed E-state index contributed by atoms with van der Waals surface area (Å²) < 4.78 is 24.1. The maximum absolute atomic E-state index is 12.0. The summed E-state index contributed by atoms with van der Waals surface area (Å²) in [6.45, 7) is 4.58. The van der Waals surface area contributed by atoms with E-state index in [2.05, 4.69) is 5.32 Å². The van der Waals surface area contributed by atoms with Gasteiger partial charge in [0.25, 0.3) is 0 Å². The van der Waals surface area contributed by atoms with E-state index < -0.39 is 44.7 Å². The molecule has 0 bridgehead atoms. The lowest BCUT2D eigenvalue weighted by Crippen LogP contribution is -2.48. The second-order valence-corrected chi connectivity index (χ2v) is 7.07. The van der Waals surface area contributed by atoms with Crippen molar-refractivity contribution in [1.29, 1.82) is 0 Å². The third kappa shape index (κ3) is 7.07. The van der Waals surface area contributed by atoms with Crippen molar-refractivity contribution in [1.82, 2.24) is 10.6 Å². The van der Waals surface area contributed by atoms with Crippen molar-refractivity contribution in [3.8, 4) is 0 Å². The molecule has 0 radical (unpaired) electrons. The molecule has 9 heteroatoms. The Balaban J connectivity index is 4.81. The monoisotopic (exact) mass is 322 g/mol. The van der Waals surface area contributed by atoms with Gasteiger partial charge in [-0.3, -0.25) is 9.59 Å². The predicted octanol–water partition coefficient (Wildman–Crippen LogP) is -0.705. The van der Waals surface area contributed by atoms with Crippen LogP contribution in [0.15, 0.2) is 0 Å². The smallest absolute Gasteiger partial charge is 0.327 e. The molecule has 2 atom stereocenters. The second-order valence-electron chi connectivity index (χ2n) is 4.71. The van der Waals surface area contributed by atoms with Gasteiger partial charge in [-0.1, -0.05) is 13.3 Å². The Morgan fingerprint density at radius 2 is 1.81 bits per heavy atom. The minimum absolute atomic E-state index is 0.364. The van der Waals surface area contributed by atoms with Gasteiger partial charge in [0.1, 0.15) is 11.3 Å². The van der Waals surface area contributed by atoms with Crippen molar-refractivity contribution in [2.45, 2.75) is 44.9 Å². The number of carbonyl (C=O) groups excluding carboxylic acids is 2. The number of amides is 2. The topological polar surface area (TPSA) is 130 Å². The van der Waals surface area contributed by atoms with Gasteiger partial charge < -0.3 is 15.7 Å². The average molecular weight is 322 g/mol.